The molecule has 0 heterocycles. The molecular weight excluding hydrogens is 418 g/mol. The normalized spacial score (nSPS) is 12.4. The van der Waals surface area contributed by atoms with Gasteiger partial charge in [-0.25, -0.2) is 0 Å². The molecule has 1 N–H and O–H groups in total. The van der Waals surface area contributed by atoms with Gasteiger partial charge in [-0.2, -0.15) is 0 Å². The molecule has 1 rings (SSSR count). The summed E-state index contributed by atoms with van der Waals surface area (Å²) in [6.07, 6.45) is 0.798. The van der Waals surface area contributed by atoms with Gasteiger partial charge in [0.15, 0.2) is 0 Å². The van der Waals surface area contributed by atoms with E-state index in [0.717, 1.165) is 31.6 Å². The van der Waals surface area contributed by atoms with Crippen LogP contribution in [0.4, 0.5) is 0 Å². The van der Waals surface area contributed by atoms with Crippen molar-refractivity contribution in [3.8, 4) is 5.75 Å². The molecule has 0 amide bonds. The van der Waals surface area contributed by atoms with Crippen LogP contribution >= 0.6 is 11.6 Å². The SMILES string of the molecule is C=NCc1ccc(OCCCN(C/C(OC)=C(\C)OC=O)CC(C)(C)CNC)c(Cl)c1. The average Bonchev–Trinajstić information content (AvgIpc) is 2.70. The van der Waals surface area contributed by atoms with Crippen LogP contribution in [0, 0.1) is 5.41 Å². The second-order valence-electron chi connectivity index (χ2n) is 8.15. The molecule has 0 saturated heterocycles. The molecule has 0 unspecified atom stereocenters. The van der Waals surface area contributed by atoms with Crippen molar-refractivity contribution in [2.45, 2.75) is 33.7 Å². The van der Waals surface area contributed by atoms with Crippen molar-refractivity contribution in [1.29, 1.82) is 0 Å². The fraction of sp³-hybridized carbons (Fsp3) is 0.565. The molecule has 8 heteroatoms. The molecular formula is C23H36ClN3O4. The van der Waals surface area contributed by atoms with Crippen LogP contribution in [0.2, 0.25) is 5.02 Å². The zero-order valence-electron chi connectivity index (χ0n) is 19.4. The number of nitrogens with one attached hydrogen (secondary N) is 1. The number of hydrogen-bond acceptors (Lipinski definition) is 7. The first-order chi connectivity index (χ1) is 14.8. The monoisotopic (exact) mass is 453 g/mol. The maximum absolute atomic E-state index is 10.7. The highest BCUT2D eigenvalue weighted by molar-refractivity contribution is 6.32. The van der Waals surface area contributed by atoms with E-state index in [1.807, 2.05) is 25.2 Å². The molecule has 1 aromatic carbocycles. The lowest BCUT2D eigenvalue weighted by molar-refractivity contribution is -0.125. The number of allylic oxidation sites excluding steroid dienone is 1. The van der Waals surface area contributed by atoms with Gasteiger partial charge >= 0.3 is 0 Å². The van der Waals surface area contributed by atoms with Crippen LogP contribution in [0.1, 0.15) is 32.8 Å². The Kier molecular flexibility index (Phi) is 12.2. The largest absolute Gasteiger partial charge is 0.496 e. The lowest BCUT2D eigenvalue weighted by Crippen LogP contribution is -2.41. The molecule has 0 aliphatic heterocycles. The third-order valence-electron chi connectivity index (χ3n) is 4.71. The van der Waals surface area contributed by atoms with Gasteiger partial charge in [-0.1, -0.05) is 31.5 Å². The standard InChI is InChI=1S/C23H36ClN3O4/c1-18(31-17-28)22(29-6)14-27(16-23(2,3)15-26-5)10-7-11-30-21-9-8-19(13-25-4)12-20(21)24/h8-9,12,17,26H,4,7,10-11,13-16H2,1-3,5-6H3/b22-18-. The van der Waals surface area contributed by atoms with Gasteiger partial charge in [0.05, 0.1) is 31.8 Å². The molecule has 1 aromatic rings. The van der Waals surface area contributed by atoms with E-state index >= 15 is 0 Å². The van der Waals surface area contributed by atoms with E-state index in [0.29, 0.717) is 48.5 Å². The number of methoxy groups -OCH3 is 1. The minimum atomic E-state index is 0.0478. The number of hydrogen-bond donors (Lipinski definition) is 1. The molecule has 0 spiro atoms. The number of carbonyl (C=O) groups is 1. The van der Waals surface area contributed by atoms with Gasteiger partial charge in [0.25, 0.3) is 6.47 Å². The minimum Gasteiger partial charge on any atom is -0.496 e. The number of halogens is 1. The van der Waals surface area contributed by atoms with Crippen LogP contribution in [0.15, 0.2) is 34.7 Å². The Labute approximate surface area is 191 Å². The van der Waals surface area contributed by atoms with Crippen molar-refractivity contribution in [2.24, 2.45) is 10.4 Å². The van der Waals surface area contributed by atoms with E-state index in [-0.39, 0.29) is 5.41 Å². The molecule has 0 radical (unpaired) electrons. The van der Waals surface area contributed by atoms with Crippen molar-refractivity contribution in [3.63, 3.8) is 0 Å². The fourth-order valence-corrected chi connectivity index (χ4v) is 3.63. The summed E-state index contributed by atoms with van der Waals surface area (Å²) in [7, 11) is 3.53. The minimum absolute atomic E-state index is 0.0478. The summed E-state index contributed by atoms with van der Waals surface area (Å²) < 4.78 is 16.3. The predicted octanol–water partition coefficient (Wildman–Crippen LogP) is 3.91. The molecule has 31 heavy (non-hydrogen) atoms. The highest BCUT2D eigenvalue weighted by Crippen LogP contribution is 2.26. The van der Waals surface area contributed by atoms with Gasteiger partial charge in [-0.3, -0.25) is 14.7 Å². The summed E-state index contributed by atoms with van der Waals surface area (Å²) in [5, 5.41) is 3.81. The van der Waals surface area contributed by atoms with Crippen LogP contribution in [0.5, 0.6) is 5.75 Å². The number of rotatable bonds is 16. The zero-order chi connectivity index (χ0) is 23.3. The van der Waals surface area contributed by atoms with Crippen LogP contribution in [-0.4, -0.2) is 65.0 Å². The quantitative estimate of drug-likeness (QED) is 0.177. The van der Waals surface area contributed by atoms with Crippen LogP contribution in [0.25, 0.3) is 0 Å². The molecule has 0 aliphatic rings. The van der Waals surface area contributed by atoms with E-state index in [1.54, 1.807) is 14.0 Å². The Morgan fingerprint density at radius 3 is 2.71 bits per heavy atom. The highest BCUT2D eigenvalue weighted by Gasteiger charge is 2.23. The summed E-state index contributed by atoms with van der Waals surface area (Å²) >= 11 is 6.31. The maximum atomic E-state index is 10.7. The fourth-order valence-electron chi connectivity index (χ4n) is 3.37. The summed E-state index contributed by atoms with van der Waals surface area (Å²) in [5.74, 6) is 1.75. The molecule has 174 valence electrons. The lowest BCUT2D eigenvalue weighted by atomic mass is 9.92. The van der Waals surface area contributed by atoms with Crippen molar-refractivity contribution >= 4 is 24.8 Å². The zero-order valence-corrected chi connectivity index (χ0v) is 20.1. The highest BCUT2D eigenvalue weighted by atomic mass is 35.5. The van der Waals surface area contributed by atoms with E-state index < -0.39 is 0 Å². The summed E-state index contributed by atoms with van der Waals surface area (Å²) in [4.78, 5) is 16.8. The smallest absolute Gasteiger partial charge is 0.298 e. The first-order valence-electron chi connectivity index (χ1n) is 10.3. The summed E-state index contributed by atoms with van der Waals surface area (Å²) in [6.45, 7) is 14.1. The van der Waals surface area contributed by atoms with Gasteiger partial charge in [-0.05, 0) is 50.2 Å². The van der Waals surface area contributed by atoms with Crippen molar-refractivity contribution < 1.29 is 19.0 Å². The maximum Gasteiger partial charge on any atom is 0.298 e. The molecule has 0 bridgehead atoms. The van der Waals surface area contributed by atoms with Gasteiger partial charge in [0.1, 0.15) is 17.3 Å². The summed E-state index contributed by atoms with van der Waals surface area (Å²) in [5.41, 5.74) is 1.05. The molecule has 7 nitrogen and oxygen atoms in total. The van der Waals surface area contributed by atoms with E-state index in [9.17, 15) is 4.79 Å². The van der Waals surface area contributed by atoms with Crippen molar-refractivity contribution in [2.75, 3.05) is 46.9 Å². The van der Waals surface area contributed by atoms with Crippen LogP contribution in [-0.2, 0) is 20.8 Å². The topological polar surface area (TPSA) is 72.4 Å². The van der Waals surface area contributed by atoms with Crippen LogP contribution < -0.4 is 10.1 Å². The van der Waals surface area contributed by atoms with Crippen LogP contribution in [0.3, 0.4) is 0 Å². The second-order valence-corrected chi connectivity index (χ2v) is 8.56. The molecule has 0 saturated carbocycles. The van der Waals surface area contributed by atoms with E-state index in [2.05, 4.69) is 35.8 Å². The first-order valence-corrected chi connectivity index (χ1v) is 10.7. The first kappa shape index (κ1) is 26.9. The molecule has 0 atom stereocenters. The second kappa shape index (κ2) is 14.1. The van der Waals surface area contributed by atoms with Gasteiger partial charge in [0.2, 0.25) is 0 Å². The molecule has 0 aliphatic carbocycles. The molecule has 0 fully saturated rings. The Morgan fingerprint density at radius 1 is 1.39 bits per heavy atom. The van der Waals surface area contributed by atoms with Gasteiger partial charge in [0, 0.05) is 19.6 Å². The Bertz CT molecular complexity index is 738. The summed E-state index contributed by atoms with van der Waals surface area (Å²) in [6, 6.07) is 5.65. The Balaban J connectivity index is 2.75. The van der Waals surface area contributed by atoms with Crippen molar-refractivity contribution in [3.05, 3.63) is 40.3 Å². The van der Waals surface area contributed by atoms with E-state index in [4.69, 9.17) is 25.8 Å². The predicted molar refractivity (Wildman–Crippen MR) is 126 cm³/mol. The van der Waals surface area contributed by atoms with Crippen molar-refractivity contribution in [1.82, 2.24) is 10.2 Å². The Morgan fingerprint density at radius 2 is 2.13 bits per heavy atom. The number of ether oxygens (including phenoxy) is 3. The number of aliphatic imine (C=N–C) groups is 1. The third kappa shape index (κ3) is 10.2. The molecule has 0 aromatic heterocycles. The number of benzene rings is 1. The average molecular weight is 454 g/mol. The number of nitrogens with zero attached hydrogens (tertiary/aromatic N) is 2. The Hall–Kier alpha value is -2.09. The van der Waals surface area contributed by atoms with Gasteiger partial charge in [-0.15, -0.1) is 0 Å². The van der Waals surface area contributed by atoms with E-state index in [1.165, 1.54) is 0 Å². The lowest BCUT2D eigenvalue weighted by Gasteiger charge is -2.33. The van der Waals surface area contributed by atoms with Gasteiger partial charge < -0.3 is 19.5 Å². The third-order valence-corrected chi connectivity index (χ3v) is 5.00. The number of carbonyl (C=O) groups excluding carboxylic acids is 1.